The maximum Gasteiger partial charge on any atom is 0.317 e. The topological polar surface area (TPSA) is 89.9 Å². The highest BCUT2D eigenvalue weighted by atomic mass is 16.4. The third kappa shape index (κ3) is 8.42. The number of amides is 2. The average molecular weight is 274 g/mol. The van der Waals surface area contributed by atoms with Gasteiger partial charge in [-0.3, -0.25) is 4.79 Å². The lowest BCUT2D eigenvalue weighted by Gasteiger charge is -2.28. The summed E-state index contributed by atoms with van der Waals surface area (Å²) in [7, 11) is 0. The van der Waals surface area contributed by atoms with Crippen LogP contribution in [0.5, 0.6) is 0 Å². The van der Waals surface area contributed by atoms with Gasteiger partial charge in [-0.15, -0.1) is 0 Å². The number of rotatable bonds is 9. The van der Waals surface area contributed by atoms with Gasteiger partial charge in [0.25, 0.3) is 0 Å². The number of aliphatic hydroxyl groups is 1. The second-order valence-electron chi connectivity index (χ2n) is 5.00. The normalized spacial score (nSPS) is 12.3. The van der Waals surface area contributed by atoms with Crippen molar-refractivity contribution in [3.8, 4) is 0 Å². The minimum absolute atomic E-state index is 0.0535. The first-order valence-electron chi connectivity index (χ1n) is 6.78. The summed E-state index contributed by atoms with van der Waals surface area (Å²) in [6, 6.07) is -0.147. The van der Waals surface area contributed by atoms with Crippen LogP contribution in [0.3, 0.4) is 0 Å². The van der Waals surface area contributed by atoms with Crippen molar-refractivity contribution in [3.63, 3.8) is 0 Å². The summed E-state index contributed by atoms with van der Waals surface area (Å²) in [6.45, 7) is 6.29. The number of hydrogen-bond acceptors (Lipinski definition) is 3. The SMILES string of the molecule is CC(CCCC(=O)O)NC(=O)N(CCCO)C(C)C. The molecule has 3 N–H and O–H groups in total. The molecule has 6 heteroatoms. The highest BCUT2D eigenvalue weighted by Gasteiger charge is 2.18. The van der Waals surface area contributed by atoms with Gasteiger partial charge in [0.1, 0.15) is 0 Å². The number of urea groups is 1. The quantitative estimate of drug-likeness (QED) is 0.593. The molecule has 1 atom stereocenters. The van der Waals surface area contributed by atoms with Crippen LogP contribution in [0.2, 0.25) is 0 Å². The van der Waals surface area contributed by atoms with E-state index < -0.39 is 5.97 Å². The van der Waals surface area contributed by atoms with Crippen molar-refractivity contribution in [2.75, 3.05) is 13.2 Å². The molecule has 0 aromatic heterocycles. The summed E-state index contributed by atoms with van der Waals surface area (Å²) in [5.41, 5.74) is 0. The molecule has 0 spiro atoms. The third-order valence-corrected chi connectivity index (χ3v) is 2.84. The minimum Gasteiger partial charge on any atom is -0.481 e. The molecule has 112 valence electrons. The Morgan fingerprint density at radius 3 is 2.32 bits per heavy atom. The Hall–Kier alpha value is -1.30. The van der Waals surface area contributed by atoms with E-state index in [1.807, 2.05) is 20.8 Å². The lowest BCUT2D eigenvalue weighted by atomic mass is 10.1. The zero-order chi connectivity index (χ0) is 14.8. The highest BCUT2D eigenvalue weighted by Crippen LogP contribution is 2.04. The van der Waals surface area contributed by atoms with Crippen LogP contribution in [-0.2, 0) is 4.79 Å². The van der Waals surface area contributed by atoms with Crippen molar-refractivity contribution >= 4 is 12.0 Å². The van der Waals surface area contributed by atoms with Gasteiger partial charge in [0.15, 0.2) is 0 Å². The Kier molecular flexibility index (Phi) is 8.95. The number of hydrogen-bond donors (Lipinski definition) is 3. The van der Waals surface area contributed by atoms with Crippen LogP contribution in [0.25, 0.3) is 0 Å². The van der Waals surface area contributed by atoms with Gasteiger partial charge in [0.2, 0.25) is 0 Å². The maximum atomic E-state index is 12.0. The molecule has 0 aromatic carbocycles. The first kappa shape index (κ1) is 17.7. The molecular weight excluding hydrogens is 248 g/mol. The smallest absolute Gasteiger partial charge is 0.317 e. The largest absolute Gasteiger partial charge is 0.481 e. The summed E-state index contributed by atoms with van der Waals surface area (Å²) >= 11 is 0. The molecule has 0 saturated heterocycles. The Labute approximate surface area is 114 Å². The molecule has 0 fully saturated rings. The van der Waals surface area contributed by atoms with E-state index >= 15 is 0 Å². The second kappa shape index (κ2) is 9.61. The van der Waals surface area contributed by atoms with Gasteiger partial charge >= 0.3 is 12.0 Å². The molecule has 0 rings (SSSR count). The molecule has 0 aliphatic rings. The highest BCUT2D eigenvalue weighted by molar-refractivity contribution is 5.74. The Balaban J connectivity index is 4.11. The first-order chi connectivity index (χ1) is 8.88. The predicted octanol–water partition coefficient (Wildman–Crippen LogP) is 1.43. The average Bonchev–Trinajstić information content (AvgIpc) is 2.28. The Bertz CT molecular complexity index is 282. The molecule has 0 radical (unpaired) electrons. The number of carboxylic acids is 1. The number of nitrogens with zero attached hydrogens (tertiary/aromatic N) is 1. The van der Waals surface area contributed by atoms with E-state index in [2.05, 4.69) is 5.32 Å². The van der Waals surface area contributed by atoms with Gasteiger partial charge in [-0.1, -0.05) is 0 Å². The first-order valence-corrected chi connectivity index (χ1v) is 6.78. The fraction of sp³-hybridized carbons (Fsp3) is 0.846. The fourth-order valence-electron chi connectivity index (χ4n) is 1.76. The van der Waals surface area contributed by atoms with E-state index in [1.54, 1.807) is 4.90 Å². The lowest BCUT2D eigenvalue weighted by Crippen LogP contribution is -2.47. The Morgan fingerprint density at radius 1 is 1.21 bits per heavy atom. The van der Waals surface area contributed by atoms with Crippen LogP contribution in [-0.4, -0.2) is 52.3 Å². The molecule has 19 heavy (non-hydrogen) atoms. The molecule has 0 bridgehead atoms. The molecule has 2 amide bonds. The number of nitrogens with one attached hydrogen (secondary N) is 1. The van der Waals surface area contributed by atoms with Gasteiger partial charge in [-0.2, -0.15) is 0 Å². The second-order valence-corrected chi connectivity index (χ2v) is 5.00. The molecule has 0 aromatic rings. The van der Waals surface area contributed by atoms with Crippen LogP contribution in [0.15, 0.2) is 0 Å². The van der Waals surface area contributed by atoms with Gasteiger partial charge < -0.3 is 20.4 Å². The molecular formula is C13H26N2O4. The van der Waals surface area contributed by atoms with Crippen LogP contribution < -0.4 is 5.32 Å². The molecule has 0 aliphatic heterocycles. The maximum absolute atomic E-state index is 12.0. The number of carbonyl (C=O) groups is 2. The molecule has 0 heterocycles. The summed E-state index contributed by atoms with van der Waals surface area (Å²) < 4.78 is 0. The van der Waals surface area contributed by atoms with Gasteiger partial charge in [0.05, 0.1) is 0 Å². The third-order valence-electron chi connectivity index (χ3n) is 2.84. The zero-order valence-electron chi connectivity index (χ0n) is 12.1. The lowest BCUT2D eigenvalue weighted by molar-refractivity contribution is -0.137. The summed E-state index contributed by atoms with van der Waals surface area (Å²) in [6.07, 6.45) is 1.87. The minimum atomic E-state index is -0.815. The number of aliphatic hydroxyl groups excluding tert-OH is 1. The van der Waals surface area contributed by atoms with Crippen molar-refractivity contribution in [3.05, 3.63) is 0 Å². The van der Waals surface area contributed by atoms with Crippen molar-refractivity contribution in [1.29, 1.82) is 0 Å². The van der Waals surface area contributed by atoms with Crippen molar-refractivity contribution < 1.29 is 19.8 Å². The Morgan fingerprint density at radius 2 is 1.84 bits per heavy atom. The van der Waals surface area contributed by atoms with Crippen LogP contribution in [0.1, 0.15) is 46.5 Å². The van der Waals surface area contributed by atoms with E-state index in [9.17, 15) is 9.59 Å². The predicted molar refractivity (Wildman–Crippen MR) is 73.0 cm³/mol. The van der Waals surface area contributed by atoms with Crippen LogP contribution >= 0.6 is 0 Å². The molecule has 0 aliphatic carbocycles. The van der Waals surface area contributed by atoms with Crippen LogP contribution in [0.4, 0.5) is 4.79 Å². The van der Waals surface area contributed by atoms with E-state index in [0.29, 0.717) is 25.8 Å². The van der Waals surface area contributed by atoms with E-state index in [0.717, 1.165) is 0 Å². The number of carbonyl (C=O) groups excluding carboxylic acids is 1. The number of aliphatic carboxylic acids is 1. The zero-order valence-corrected chi connectivity index (χ0v) is 12.1. The van der Waals surface area contributed by atoms with Gasteiger partial charge in [-0.25, -0.2) is 4.79 Å². The van der Waals surface area contributed by atoms with Crippen molar-refractivity contribution in [2.24, 2.45) is 0 Å². The van der Waals surface area contributed by atoms with Gasteiger partial charge in [0, 0.05) is 31.7 Å². The monoisotopic (exact) mass is 274 g/mol. The number of carboxylic acid groups (broad SMARTS) is 1. The fourth-order valence-corrected chi connectivity index (χ4v) is 1.76. The van der Waals surface area contributed by atoms with E-state index in [-0.39, 0.29) is 31.1 Å². The van der Waals surface area contributed by atoms with E-state index in [4.69, 9.17) is 10.2 Å². The summed E-state index contributed by atoms with van der Waals surface area (Å²) in [4.78, 5) is 24.1. The van der Waals surface area contributed by atoms with Gasteiger partial charge in [-0.05, 0) is 40.0 Å². The molecule has 6 nitrogen and oxygen atoms in total. The van der Waals surface area contributed by atoms with Crippen molar-refractivity contribution in [1.82, 2.24) is 10.2 Å². The molecule has 1 unspecified atom stereocenters. The summed E-state index contributed by atoms with van der Waals surface area (Å²) in [5, 5.41) is 20.2. The standard InChI is InChI=1S/C13H26N2O4/c1-10(2)15(8-5-9-16)13(19)14-11(3)6-4-7-12(17)18/h10-11,16H,4-9H2,1-3H3,(H,14,19)(H,17,18). The van der Waals surface area contributed by atoms with E-state index in [1.165, 1.54) is 0 Å². The van der Waals surface area contributed by atoms with Crippen LogP contribution in [0, 0.1) is 0 Å². The van der Waals surface area contributed by atoms with Crippen molar-refractivity contribution in [2.45, 2.75) is 58.5 Å². The molecule has 0 saturated carbocycles. The summed E-state index contributed by atoms with van der Waals surface area (Å²) in [5.74, 6) is -0.815.